The Morgan fingerprint density at radius 3 is 2.54 bits per heavy atom. The topological polar surface area (TPSA) is 46.6 Å². The minimum Gasteiger partial charge on any atom is -0.467 e. The predicted octanol–water partition coefficient (Wildman–Crippen LogP) is 0.560. The SMILES string of the molecule is COC(=O)[C@]1(C)CCCN1C(C)=O. The highest BCUT2D eigenvalue weighted by Crippen LogP contribution is 2.29. The minimum atomic E-state index is -0.736. The van der Waals surface area contributed by atoms with E-state index in [1.54, 1.807) is 11.8 Å². The van der Waals surface area contributed by atoms with Crippen molar-refractivity contribution in [2.75, 3.05) is 13.7 Å². The Labute approximate surface area is 77.8 Å². The molecule has 0 aromatic heterocycles. The summed E-state index contributed by atoms with van der Waals surface area (Å²) in [6.45, 7) is 3.89. The zero-order chi connectivity index (χ0) is 10.1. The van der Waals surface area contributed by atoms with Crippen LogP contribution in [-0.4, -0.2) is 36.0 Å². The molecule has 0 unspecified atom stereocenters. The van der Waals surface area contributed by atoms with Crippen molar-refractivity contribution in [3.63, 3.8) is 0 Å². The first kappa shape index (κ1) is 10.0. The van der Waals surface area contributed by atoms with Gasteiger partial charge in [0.05, 0.1) is 7.11 Å². The third kappa shape index (κ3) is 1.53. The van der Waals surface area contributed by atoms with Gasteiger partial charge in [-0.05, 0) is 19.8 Å². The summed E-state index contributed by atoms with van der Waals surface area (Å²) in [5.74, 6) is -0.384. The van der Waals surface area contributed by atoms with Crippen LogP contribution in [0.5, 0.6) is 0 Å². The van der Waals surface area contributed by atoms with Gasteiger partial charge in [-0.25, -0.2) is 4.79 Å². The van der Waals surface area contributed by atoms with E-state index in [0.717, 1.165) is 6.42 Å². The predicted molar refractivity (Wildman–Crippen MR) is 47.0 cm³/mol. The number of nitrogens with zero attached hydrogens (tertiary/aromatic N) is 1. The lowest BCUT2D eigenvalue weighted by molar-refractivity contribution is -0.157. The summed E-state index contributed by atoms with van der Waals surface area (Å²) in [7, 11) is 1.35. The molecule has 0 aromatic rings. The van der Waals surface area contributed by atoms with Crippen molar-refractivity contribution >= 4 is 11.9 Å². The summed E-state index contributed by atoms with van der Waals surface area (Å²) in [6, 6.07) is 0. The van der Waals surface area contributed by atoms with Gasteiger partial charge < -0.3 is 9.64 Å². The number of hydrogen-bond acceptors (Lipinski definition) is 3. The second kappa shape index (κ2) is 3.36. The van der Waals surface area contributed by atoms with Gasteiger partial charge in [-0.3, -0.25) is 4.79 Å². The number of hydrogen-bond donors (Lipinski definition) is 0. The summed E-state index contributed by atoms with van der Waals surface area (Å²) >= 11 is 0. The Kier molecular flexibility index (Phi) is 2.59. The number of rotatable bonds is 1. The molecule has 0 aromatic carbocycles. The second-order valence-corrected chi connectivity index (χ2v) is 3.54. The lowest BCUT2D eigenvalue weighted by Gasteiger charge is -2.31. The maximum absolute atomic E-state index is 11.4. The molecular weight excluding hydrogens is 170 g/mol. The Balaban J connectivity index is 2.87. The van der Waals surface area contributed by atoms with Crippen LogP contribution in [0.1, 0.15) is 26.7 Å². The minimum absolute atomic E-state index is 0.0644. The standard InChI is InChI=1S/C9H15NO3/c1-7(11)10-6-4-5-9(10,2)8(12)13-3/h4-6H2,1-3H3/t9-/m0/s1. The van der Waals surface area contributed by atoms with Gasteiger partial charge in [0.1, 0.15) is 5.54 Å². The molecule has 1 rings (SSSR count). The van der Waals surface area contributed by atoms with Gasteiger partial charge in [0.2, 0.25) is 5.91 Å². The highest BCUT2D eigenvalue weighted by Gasteiger charge is 2.45. The fourth-order valence-electron chi connectivity index (χ4n) is 1.90. The van der Waals surface area contributed by atoms with Crippen LogP contribution in [0.25, 0.3) is 0 Å². The van der Waals surface area contributed by atoms with Crippen molar-refractivity contribution in [2.24, 2.45) is 0 Å². The van der Waals surface area contributed by atoms with E-state index in [1.165, 1.54) is 14.0 Å². The molecular formula is C9H15NO3. The Hall–Kier alpha value is -1.06. The molecule has 1 heterocycles. The van der Waals surface area contributed by atoms with Crippen LogP contribution in [-0.2, 0) is 14.3 Å². The molecule has 0 radical (unpaired) electrons. The first-order valence-corrected chi connectivity index (χ1v) is 4.39. The monoisotopic (exact) mass is 185 g/mol. The molecule has 0 aliphatic carbocycles. The lowest BCUT2D eigenvalue weighted by atomic mass is 9.99. The largest absolute Gasteiger partial charge is 0.467 e. The number of esters is 1. The van der Waals surface area contributed by atoms with Crippen molar-refractivity contribution in [3.8, 4) is 0 Å². The van der Waals surface area contributed by atoms with Crippen LogP contribution in [0.4, 0.5) is 0 Å². The zero-order valence-electron chi connectivity index (χ0n) is 8.29. The van der Waals surface area contributed by atoms with E-state index in [4.69, 9.17) is 0 Å². The molecule has 1 atom stereocenters. The van der Waals surface area contributed by atoms with Crippen LogP contribution in [0.3, 0.4) is 0 Å². The number of ether oxygens (including phenoxy) is 1. The molecule has 4 heteroatoms. The smallest absolute Gasteiger partial charge is 0.331 e. The Morgan fingerprint density at radius 1 is 1.46 bits per heavy atom. The van der Waals surface area contributed by atoms with E-state index >= 15 is 0 Å². The number of likely N-dealkylation sites (tertiary alicyclic amines) is 1. The van der Waals surface area contributed by atoms with E-state index < -0.39 is 5.54 Å². The second-order valence-electron chi connectivity index (χ2n) is 3.54. The van der Waals surface area contributed by atoms with E-state index in [1.807, 2.05) is 0 Å². The average molecular weight is 185 g/mol. The third-order valence-corrected chi connectivity index (χ3v) is 2.65. The highest BCUT2D eigenvalue weighted by molar-refractivity contribution is 5.87. The van der Waals surface area contributed by atoms with Crippen LogP contribution in [0.2, 0.25) is 0 Å². The summed E-state index contributed by atoms with van der Waals surface area (Å²) < 4.78 is 4.68. The molecule has 1 fully saturated rings. The van der Waals surface area contributed by atoms with Gasteiger partial charge in [-0.15, -0.1) is 0 Å². The summed E-state index contributed by atoms with van der Waals surface area (Å²) in [6.07, 6.45) is 1.56. The number of carbonyl (C=O) groups excluding carboxylic acids is 2. The Bertz CT molecular complexity index is 239. The normalized spacial score (nSPS) is 27.5. The zero-order valence-corrected chi connectivity index (χ0v) is 8.29. The van der Waals surface area contributed by atoms with Crippen LogP contribution in [0, 0.1) is 0 Å². The highest BCUT2D eigenvalue weighted by atomic mass is 16.5. The van der Waals surface area contributed by atoms with Crippen molar-refractivity contribution in [1.82, 2.24) is 4.90 Å². The van der Waals surface area contributed by atoms with E-state index in [-0.39, 0.29) is 11.9 Å². The van der Waals surface area contributed by atoms with Gasteiger partial charge in [-0.2, -0.15) is 0 Å². The van der Waals surface area contributed by atoms with Crippen LogP contribution < -0.4 is 0 Å². The number of carbonyl (C=O) groups is 2. The molecule has 0 N–H and O–H groups in total. The molecule has 0 bridgehead atoms. The maximum Gasteiger partial charge on any atom is 0.331 e. The summed E-state index contributed by atoms with van der Waals surface area (Å²) in [5, 5.41) is 0. The number of methoxy groups -OCH3 is 1. The lowest BCUT2D eigenvalue weighted by Crippen LogP contribution is -2.50. The van der Waals surface area contributed by atoms with Gasteiger partial charge in [0, 0.05) is 13.5 Å². The van der Waals surface area contributed by atoms with Gasteiger partial charge >= 0.3 is 5.97 Å². The first-order chi connectivity index (χ1) is 6.02. The number of amides is 1. The van der Waals surface area contributed by atoms with Crippen molar-refractivity contribution in [1.29, 1.82) is 0 Å². The summed E-state index contributed by atoms with van der Waals surface area (Å²) in [4.78, 5) is 24.2. The molecule has 1 aliphatic rings. The molecule has 4 nitrogen and oxygen atoms in total. The van der Waals surface area contributed by atoms with E-state index in [0.29, 0.717) is 13.0 Å². The van der Waals surface area contributed by atoms with Gasteiger partial charge in [0.25, 0.3) is 0 Å². The molecule has 1 saturated heterocycles. The molecule has 0 saturated carbocycles. The van der Waals surface area contributed by atoms with E-state index in [9.17, 15) is 9.59 Å². The van der Waals surface area contributed by atoms with Crippen molar-refractivity contribution in [2.45, 2.75) is 32.2 Å². The molecule has 1 aliphatic heterocycles. The Morgan fingerprint density at radius 2 is 2.08 bits per heavy atom. The van der Waals surface area contributed by atoms with Gasteiger partial charge in [-0.1, -0.05) is 0 Å². The van der Waals surface area contributed by atoms with Gasteiger partial charge in [0.15, 0.2) is 0 Å². The van der Waals surface area contributed by atoms with Crippen molar-refractivity contribution in [3.05, 3.63) is 0 Å². The molecule has 13 heavy (non-hydrogen) atoms. The molecule has 0 spiro atoms. The van der Waals surface area contributed by atoms with E-state index in [2.05, 4.69) is 4.74 Å². The van der Waals surface area contributed by atoms with Crippen LogP contribution >= 0.6 is 0 Å². The maximum atomic E-state index is 11.4. The average Bonchev–Trinajstić information content (AvgIpc) is 2.47. The fourth-order valence-corrected chi connectivity index (χ4v) is 1.90. The fraction of sp³-hybridized carbons (Fsp3) is 0.778. The molecule has 1 amide bonds. The molecule has 74 valence electrons. The van der Waals surface area contributed by atoms with Crippen molar-refractivity contribution < 1.29 is 14.3 Å². The first-order valence-electron chi connectivity index (χ1n) is 4.39. The van der Waals surface area contributed by atoms with Crippen LogP contribution in [0.15, 0.2) is 0 Å². The quantitative estimate of drug-likeness (QED) is 0.561. The summed E-state index contributed by atoms with van der Waals surface area (Å²) in [5.41, 5.74) is -0.736. The third-order valence-electron chi connectivity index (χ3n) is 2.65.